The maximum Gasteiger partial charge on any atom is 0.331 e. The second-order valence-corrected chi connectivity index (χ2v) is 5.86. The standard InChI is InChI=1S/C16H14ClN3O3/c1-23-14-5-2-12(17)6-10(14)8-20-15(21)11(7-18)9-19(16(20)22)13-3-4-13/h2,5-6,9,13H,3-4,8H2,1H3. The lowest BCUT2D eigenvalue weighted by Gasteiger charge is -2.13. The largest absolute Gasteiger partial charge is 0.496 e. The van der Waals surface area contributed by atoms with E-state index in [1.165, 1.54) is 17.9 Å². The van der Waals surface area contributed by atoms with Crippen molar-refractivity contribution in [1.82, 2.24) is 9.13 Å². The fourth-order valence-electron chi connectivity index (χ4n) is 2.49. The van der Waals surface area contributed by atoms with Crippen LogP contribution in [0.1, 0.15) is 30.0 Å². The summed E-state index contributed by atoms with van der Waals surface area (Å²) in [5, 5.41) is 9.63. The van der Waals surface area contributed by atoms with Crippen molar-refractivity contribution in [2.45, 2.75) is 25.4 Å². The maximum atomic E-state index is 12.6. The van der Waals surface area contributed by atoms with Gasteiger partial charge < -0.3 is 4.74 Å². The molecule has 1 aromatic heterocycles. The summed E-state index contributed by atoms with van der Waals surface area (Å²) < 4.78 is 7.78. The van der Waals surface area contributed by atoms with Gasteiger partial charge in [0.2, 0.25) is 0 Å². The Hall–Kier alpha value is -2.52. The molecule has 1 aliphatic carbocycles. The van der Waals surface area contributed by atoms with Crippen LogP contribution in [0, 0.1) is 11.3 Å². The topological polar surface area (TPSA) is 77.0 Å². The molecule has 1 heterocycles. The van der Waals surface area contributed by atoms with E-state index in [4.69, 9.17) is 21.6 Å². The molecule has 0 radical (unpaired) electrons. The lowest BCUT2D eigenvalue weighted by atomic mass is 10.2. The summed E-state index contributed by atoms with van der Waals surface area (Å²) in [4.78, 5) is 24.9. The first kappa shape index (κ1) is 15.4. The van der Waals surface area contributed by atoms with Crippen molar-refractivity contribution in [2.75, 3.05) is 7.11 Å². The SMILES string of the molecule is COc1ccc(Cl)cc1Cn1c(=O)c(C#N)cn(C2CC2)c1=O. The van der Waals surface area contributed by atoms with Crippen molar-refractivity contribution in [3.05, 3.63) is 61.4 Å². The monoisotopic (exact) mass is 331 g/mol. The van der Waals surface area contributed by atoms with Gasteiger partial charge in [-0.05, 0) is 31.0 Å². The first-order valence-corrected chi connectivity index (χ1v) is 7.51. The van der Waals surface area contributed by atoms with Gasteiger partial charge in [-0.1, -0.05) is 11.6 Å². The number of methoxy groups -OCH3 is 1. The van der Waals surface area contributed by atoms with E-state index >= 15 is 0 Å². The molecule has 0 atom stereocenters. The summed E-state index contributed by atoms with van der Waals surface area (Å²) in [6, 6.07) is 6.92. The van der Waals surface area contributed by atoms with E-state index in [0.717, 1.165) is 17.4 Å². The van der Waals surface area contributed by atoms with Gasteiger partial charge >= 0.3 is 5.69 Å². The Kier molecular flexibility index (Phi) is 3.97. The predicted octanol–water partition coefficient (Wildman–Crippen LogP) is 1.93. The second kappa shape index (κ2) is 5.94. The molecule has 0 saturated heterocycles. The molecule has 0 unspecified atom stereocenters. The fraction of sp³-hybridized carbons (Fsp3) is 0.312. The number of hydrogen-bond donors (Lipinski definition) is 0. The van der Waals surface area contributed by atoms with Crippen LogP contribution >= 0.6 is 11.6 Å². The summed E-state index contributed by atoms with van der Waals surface area (Å²) in [5.74, 6) is 0.529. The van der Waals surface area contributed by atoms with Gasteiger partial charge in [-0.15, -0.1) is 0 Å². The van der Waals surface area contributed by atoms with E-state index in [0.29, 0.717) is 16.3 Å². The number of ether oxygens (including phenoxy) is 1. The molecular weight excluding hydrogens is 318 g/mol. The molecule has 2 aromatic rings. The third-order valence-corrected chi connectivity index (χ3v) is 4.06. The number of rotatable bonds is 4. The quantitative estimate of drug-likeness (QED) is 0.857. The van der Waals surface area contributed by atoms with Gasteiger partial charge in [-0.3, -0.25) is 13.9 Å². The number of nitrogens with zero attached hydrogens (tertiary/aromatic N) is 3. The lowest BCUT2D eigenvalue weighted by molar-refractivity contribution is 0.407. The van der Waals surface area contributed by atoms with Crippen LogP contribution < -0.4 is 16.0 Å². The molecule has 23 heavy (non-hydrogen) atoms. The second-order valence-electron chi connectivity index (χ2n) is 5.42. The fourth-order valence-corrected chi connectivity index (χ4v) is 2.69. The highest BCUT2D eigenvalue weighted by Gasteiger charge is 2.27. The van der Waals surface area contributed by atoms with Crippen molar-refractivity contribution >= 4 is 11.6 Å². The zero-order valence-corrected chi connectivity index (χ0v) is 13.2. The van der Waals surface area contributed by atoms with Crippen molar-refractivity contribution in [3.8, 4) is 11.8 Å². The average Bonchev–Trinajstić information content (AvgIpc) is 3.36. The number of aromatic nitrogens is 2. The van der Waals surface area contributed by atoms with Crippen LogP contribution in [-0.2, 0) is 6.54 Å². The van der Waals surface area contributed by atoms with Crippen LogP contribution in [0.15, 0.2) is 34.0 Å². The predicted molar refractivity (Wildman–Crippen MR) is 85.1 cm³/mol. The van der Waals surface area contributed by atoms with Crippen LogP contribution in [0.3, 0.4) is 0 Å². The molecule has 1 aliphatic rings. The van der Waals surface area contributed by atoms with Crippen molar-refractivity contribution in [2.24, 2.45) is 0 Å². The summed E-state index contributed by atoms with van der Waals surface area (Å²) in [6.07, 6.45) is 3.11. The maximum absolute atomic E-state index is 12.6. The number of hydrogen-bond acceptors (Lipinski definition) is 4. The Labute approximate surface area is 137 Å². The van der Waals surface area contributed by atoms with Crippen LogP contribution in [-0.4, -0.2) is 16.2 Å². The minimum absolute atomic E-state index is 0.00361. The van der Waals surface area contributed by atoms with Crippen LogP contribution in [0.5, 0.6) is 5.75 Å². The first-order valence-electron chi connectivity index (χ1n) is 7.13. The third-order valence-electron chi connectivity index (χ3n) is 3.83. The minimum Gasteiger partial charge on any atom is -0.496 e. The van der Waals surface area contributed by atoms with Crippen LogP contribution in [0.4, 0.5) is 0 Å². The average molecular weight is 332 g/mol. The highest BCUT2D eigenvalue weighted by atomic mass is 35.5. The zero-order valence-electron chi connectivity index (χ0n) is 12.5. The number of benzene rings is 1. The minimum atomic E-state index is -0.601. The molecule has 0 amide bonds. The van der Waals surface area contributed by atoms with Crippen molar-refractivity contribution in [3.63, 3.8) is 0 Å². The van der Waals surface area contributed by atoms with Gasteiger partial charge in [0.1, 0.15) is 17.4 Å². The van der Waals surface area contributed by atoms with E-state index in [2.05, 4.69) is 0 Å². The molecular formula is C16H14ClN3O3. The smallest absolute Gasteiger partial charge is 0.331 e. The van der Waals surface area contributed by atoms with Gasteiger partial charge in [-0.25, -0.2) is 4.79 Å². The van der Waals surface area contributed by atoms with Crippen molar-refractivity contribution < 1.29 is 4.74 Å². The molecule has 118 valence electrons. The molecule has 0 bridgehead atoms. The first-order chi connectivity index (χ1) is 11.0. The van der Waals surface area contributed by atoms with Crippen LogP contribution in [0.2, 0.25) is 5.02 Å². The van der Waals surface area contributed by atoms with E-state index in [9.17, 15) is 9.59 Å². The Morgan fingerprint density at radius 2 is 2.13 bits per heavy atom. The van der Waals surface area contributed by atoms with E-state index in [-0.39, 0.29) is 18.2 Å². The van der Waals surface area contributed by atoms with Gasteiger partial charge in [0, 0.05) is 22.8 Å². The molecule has 6 nitrogen and oxygen atoms in total. The summed E-state index contributed by atoms with van der Waals surface area (Å²) in [7, 11) is 1.50. The van der Waals surface area contributed by atoms with Gasteiger partial charge in [0.25, 0.3) is 5.56 Å². The van der Waals surface area contributed by atoms with Gasteiger partial charge in [-0.2, -0.15) is 5.26 Å². The molecule has 1 fully saturated rings. The van der Waals surface area contributed by atoms with E-state index in [1.807, 2.05) is 6.07 Å². The molecule has 3 rings (SSSR count). The summed E-state index contributed by atoms with van der Waals surface area (Å²) >= 11 is 5.99. The molecule has 1 aromatic carbocycles. The Morgan fingerprint density at radius 3 is 2.74 bits per heavy atom. The normalized spacial score (nSPS) is 13.6. The third kappa shape index (κ3) is 2.88. The van der Waals surface area contributed by atoms with Crippen LogP contribution in [0.25, 0.3) is 0 Å². The molecule has 1 saturated carbocycles. The van der Waals surface area contributed by atoms with Gasteiger partial charge in [0.15, 0.2) is 0 Å². The number of nitriles is 1. The molecule has 0 aliphatic heterocycles. The Bertz CT molecular complexity index is 920. The Balaban J connectivity index is 2.15. The molecule has 0 N–H and O–H groups in total. The van der Waals surface area contributed by atoms with E-state index < -0.39 is 11.2 Å². The van der Waals surface area contributed by atoms with Crippen molar-refractivity contribution in [1.29, 1.82) is 5.26 Å². The Morgan fingerprint density at radius 1 is 1.39 bits per heavy atom. The highest BCUT2D eigenvalue weighted by molar-refractivity contribution is 6.30. The molecule has 7 heteroatoms. The van der Waals surface area contributed by atoms with E-state index in [1.54, 1.807) is 18.2 Å². The number of halogens is 1. The zero-order chi connectivity index (χ0) is 16.6. The highest BCUT2D eigenvalue weighted by Crippen LogP contribution is 2.33. The summed E-state index contributed by atoms with van der Waals surface area (Å²) in [5.41, 5.74) is -0.455. The lowest BCUT2D eigenvalue weighted by Crippen LogP contribution is -2.41. The molecule has 0 spiro atoms. The summed E-state index contributed by atoms with van der Waals surface area (Å²) in [6.45, 7) is 0.00361. The van der Waals surface area contributed by atoms with Gasteiger partial charge in [0.05, 0.1) is 13.7 Å².